The molecule has 1 heterocycles. The van der Waals surface area contributed by atoms with Crippen molar-refractivity contribution in [1.82, 2.24) is 9.80 Å². The Morgan fingerprint density at radius 2 is 1.46 bits per heavy atom. The fraction of sp³-hybridized carbons (Fsp3) is 0.529. The lowest BCUT2D eigenvalue weighted by Gasteiger charge is -2.36. The van der Waals surface area contributed by atoms with Crippen molar-refractivity contribution in [2.45, 2.75) is 32.3 Å². The van der Waals surface area contributed by atoms with Gasteiger partial charge in [0.05, 0.1) is 0 Å². The van der Waals surface area contributed by atoms with Gasteiger partial charge in [0.15, 0.2) is 0 Å². The van der Waals surface area contributed by atoms with E-state index in [4.69, 9.17) is 4.74 Å². The topological polar surface area (TPSA) is 49.9 Å². The maximum absolute atomic E-state index is 14.3. The summed E-state index contributed by atoms with van der Waals surface area (Å²) in [6, 6.07) is 7.02. The number of nitrogens with zero attached hydrogens (tertiary/aromatic N) is 2. The predicted octanol–water partition coefficient (Wildman–Crippen LogP) is 2.86. The molecule has 0 atom stereocenters. The molecule has 1 aliphatic heterocycles. The number of halogens is 2. The van der Waals surface area contributed by atoms with Crippen molar-refractivity contribution in [3.8, 4) is 0 Å². The third-order valence-corrected chi connectivity index (χ3v) is 3.62. The van der Waals surface area contributed by atoms with E-state index in [2.05, 4.69) is 0 Å². The minimum absolute atomic E-state index is 0.0561. The number of benzene rings is 1. The first-order chi connectivity index (χ1) is 11.1. The Morgan fingerprint density at radius 3 is 1.96 bits per heavy atom. The molecule has 0 radical (unpaired) electrons. The van der Waals surface area contributed by atoms with E-state index in [0.29, 0.717) is 0 Å². The first-order valence-corrected chi connectivity index (χ1v) is 7.82. The quantitative estimate of drug-likeness (QED) is 0.832. The number of carbonyl (C=O) groups is 2. The molecule has 1 aliphatic rings. The highest BCUT2D eigenvalue weighted by Crippen LogP contribution is 2.30. The number of ether oxygens (including phenoxy) is 1. The average Bonchev–Trinajstić information content (AvgIpc) is 2.53. The summed E-state index contributed by atoms with van der Waals surface area (Å²) in [5.41, 5.74) is -0.950. The van der Waals surface area contributed by atoms with Crippen molar-refractivity contribution in [1.29, 1.82) is 0 Å². The van der Waals surface area contributed by atoms with Crippen LogP contribution in [0.4, 0.5) is 13.6 Å². The Hall–Kier alpha value is -2.18. The molecule has 1 saturated heterocycles. The molecule has 0 aliphatic carbocycles. The second kappa shape index (κ2) is 6.75. The van der Waals surface area contributed by atoms with E-state index >= 15 is 0 Å². The van der Waals surface area contributed by atoms with Crippen LogP contribution in [0.3, 0.4) is 0 Å². The van der Waals surface area contributed by atoms with Crippen molar-refractivity contribution in [2.75, 3.05) is 26.2 Å². The molecular weight excluding hydrogens is 318 g/mol. The van der Waals surface area contributed by atoms with E-state index in [1.165, 1.54) is 29.2 Å². The molecule has 132 valence electrons. The Bertz CT molecular complexity index is 592. The van der Waals surface area contributed by atoms with Gasteiger partial charge in [0, 0.05) is 31.7 Å². The highest BCUT2D eigenvalue weighted by Gasteiger charge is 2.44. The summed E-state index contributed by atoms with van der Waals surface area (Å²) in [5.74, 6) is -4.81. The maximum Gasteiger partial charge on any atom is 0.410 e. The van der Waals surface area contributed by atoms with Crippen LogP contribution in [0.2, 0.25) is 0 Å². The summed E-state index contributed by atoms with van der Waals surface area (Å²) in [6.07, 6.45) is -0.496. The van der Waals surface area contributed by atoms with E-state index in [9.17, 15) is 18.4 Å². The highest BCUT2D eigenvalue weighted by molar-refractivity contribution is 5.85. The number of carbonyl (C=O) groups excluding carboxylic acids is 2. The smallest absolute Gasteiger partial charge is 0.410 e. The Balaban J connectivity index is 1.97. The van der Waals surface area contributed by atoms with Crippen LogP contribution in [0.25, 0.3) is 0 Å². The lowest BCUT2D eigenvalue weighted by molar-refractivity contribution is -0.160. The van der Waals surface area contributed by atoms with Crippen molar-refractivity contribution in [2.24, 2.45) is 0 Å². The van der Waals surface area contributed by atoms with Gasteiger partial charge in [-0.2, -0.15) is 8.78 Å². The van der Waals surface area contributed by atoms with Crippen LogP contribution in [0.15, 0.2) is 30.3 Å². The summed E-state index contributed by atoms with van der Waals surface area (Å²) in [7, 11) is 0. The zero-order chi connectivity index (χ0) is 18.0. The van der Waals surface area contributed by atoms with Gasteiger partial charge in [-0.1, -0.05) is 30.3 Å². The van der Waals surface area contributed by atoms with Gasteiger partial charge in [-0.25, -0.2) is 4.79 Å². The zero-order valence-electron chi connectivity index (χ0n) is 14.1. The van der Waals surface area contributed by atoms with E-state index in [1.54, 1.807) is 26.8 Å². The van der Waals surface area contributed by atoms with Gasteiger partial charge in [-0.15, -0.1) is 0 Å². The highest BCUT2D eigenvalue weighted by atomic mass is 19.3. The molecule has 0 spiro atoms. The van der Waals surface area contributed by atoms with E-state index in [1.807, 2.05) is 0 Å². The van der Waals surface area contributed by atoms with Gasteiger partial charge in [-0.05, 0) is 20.8 Å². The maximum atomic E-state index is 14.3. The van der Waals surface area contributed by atoms with E-state index in [0.717, 1.165) is 4.90 Å². The van der Waals surface area contributed by atoms with E-state index in [-0.39, 0.29) is 31.7 Å². The predicted molar refractivity (Wildman–Crippen MR) is 84.7 cm³/mol. The van der Waals surface area contributed by atoms with Crippen LogP contribution in [-0.2, 0) is 15.5 Å². The van der Waals surface area contributed by atoms with Crippen molar-refractivity contribution < 1.29 is 23.1 Å². The molecule has 1 aromatic carbocycles. The molecular formula is C17H22F2N2O3. The number of hydrogen-bond donors (Lipinski definition) is 0. The van der Waals surface area contributed by atoms with Gasteiger partial charge in [0.2, 0.25) is 0 Å². The third kappa shape index (κ3) is 4.21. The molecule has 24 heavy (non-hydrogen) atoms. The lowest BCUT2D eigenvalue weighted by atomic mass is 10.1. The van der Waals surface area contributed by atoms with Crippen LogP contribution < -0.4 is 0 Å². The van der Waals surface area contributed by atoms with Gasteiger partial charge < -0.3 is 14.5 Å². The number of rotatable bonds is 2. The normalized spacial score (nSPS) is 16.0. The molecule has 2 amide bonds. The number of amides is 2. The molecule has 0 unspecified atom stereocenters. The molecule has 1 fully saturated rings. The molecule has 0 N–H and O–H groups in total. The largest absolute Gasteiger partial charge is 0.444 e. The van der Waals surface area contributed by atoms with Crippen LogP contribution in [-0.4, -0.2) is 53.6 Å². The number of hydrogen-bond acceptors (Lipinski definition) is 3. The molecule has 5 nitrogen and oxygen atoms in total. The SMILES string of the molecule is CC(C)(C)OC(=O)N1CCN(C(=O)C(F)(F)c2ccccc2)CC1. The van der Waals surface area contributed by atoms with Gasteiger partial charge in [0.1, 0.15) is 5.60 Å². The summed E-state index contributed by atoms with van der Waals surface area (Å²) in [6.45, 7) is 5.72. The van der Waals surface area contributed by atoms with Crippen LogP contribution in [0, 0.1) is 0 Å². The molecule has 1 aromatic rings. The van der Waals surface area contributed by atoms with Gasteiger partial charge in [-0.3, -0.25) is 4.79 Å². The zero-order valence-corrected chi connectivity index (χ0v) is 14.1. The van der Waals surface area contributed by atoms with Crippen molar-refractivity contribution in [3.63, 3.8) is 0 Å². The minimum Gasteiger partial charge on any atom is -0.444 e. The third-order valence-electron chi connectivity index (χ3n) is 3.62. The standard InChI is InChI=1S/C17H22F2N2O3/c1-16(2,3)24-15(23)21-11-9-20(10-12-21)14(22)17(18,19)13-7-5-4-6-8-13/h4-8H,9-12H2,1-3H3. The minimum atomic E-state index is -3.57. The first kappa shape index (κ1) is 18.2. The average molecular weight is 340 g/mol. The van der Waals surface area contributed by atoms with Gasteiger partial charge in [0.25, 0.3) is 5.91 Å². The number of piperazine rings is 1. The molecule has 7 heteroatoms. The van der Waals surface area contributed by atoms with Crippen LogP contribution >= 0.6 is 0 Å². The lowest BCUT2D eigenvalue weighted by Crippen LogP contribution is -2.54. The summed E-state index contributed by atoms with van der Waals surface area (Å²) >= 11 is 0. The Kier molecular flexibility index (Phi) is 5.11. The molecule has 0 saturated carbocycles. The fourth-order valence-electron chi connectivity index (χ4n) is 2.39. The van der Waals surface area contributed by atoms with Crippen molar-refractivity contribution >= 4 is 12.0 Å². The summed E-state index contributed by atoms with van der Waals surface area (Å²) in [4.78, 5) is 26.6. The van der Waals surface area contributed by atoms with Crippen LogP contribution in [0.1, 0.15) is 26.3 Å². The molecule has 0 aromatic heterocycles. The second-order valence-corrected chi connectivity index (χ2v) is 6.70. The first-order valence-electron chi connectivity index (χ1n) is 7.82. The monoisotopic (exact) mass is 340 g/mol. The summed E-state index contributed by atoms with van der Waals surface area (Å²) < 4.78 is 33.9. The van der Waals surface area contributed by atoms with E-state index < -0.39 is 23.5 Å². The second-order valence-electron chi connectivity index (χ2n) is 6.70. The molecule has 0 bridgehead atoms. The fourth-order valence-corrected chi connectivity index (χ4v) is 2.39. The summed E-state index contributed by atoms with van der Waals surface area (Å²) in [5, 5.41) is 0. The number of alkyl halides is 2. The Morgan fingerprint density at radius 1 is 0.958 bits per heavy atom. The Labute approximate surface area is 140 Å². The molecule has 2 rings (SSSR count). The van der Waals surface area contributed by atoms with Crippen LogP contribution in [0.5, 0.6) is 0 Å². The van der Waals surface area contributed by atoms with Gasteiger partial charge >= 0.3 is 12.0 Å². The van der Waals surface area contributed by atoms with Crippen molar-refractivity contribution in [3.05, 3.63) is 35.9 Å².